The van der Waals surface area contributed by atoms with E-state index in [1.54, 1.807) is 0 Å². The molecule has 0 saturated carbocycles. The van der Waals surface area contributed by atoms with E-state index in [9.17, 15) is 0 Å². The van der Waals surface area contributed by atoms with Gasteiger partial charge in [0, 0.05) is 17.1 Å². The van der Waals surface area contributed by atoms with Crippen LogP contribution in [0.2, 0.25) is 0 Å². The van der Waals surface area contributed by atoms with Crippen LogP contribution in [-0.2, 0) is 0 Å². The Morgan fingerprint density at radius 1 is 0.870 bits per heavy atom. The summed E-state index contributed by atoms with van der Waals surface area (Å²) < 4.78 is 0. The van der Waals surface area contributed by atoms with Crippen molar-refractivity contribution in [3.05, 3.63) is 60.7 Å². The highest BCUT2D eigenvalue weighted by molar-refractivity contribution is 6.02. The molecule has 124 valence electrons. The third-order valence-corrected chi connectivity index (χ3v) is 3.09. The second kappa shape index (κ2) is 10.6. The Balaban J connectivity index is 0.00000242. The van der Waals surface area contributed by atoms with E-state index in [4.69, 9.17) is 5.73 Å². The highest BCUT2D eigenvalue weighted by Crippen LogP contribution is 2.24. The lowest BCUT2D eigenvalue weighted by molar-refractivity contribution is 1.13. The minimum absolute atomic E-state index is 0. The highest BCUT2D eigenvalue weighted by Gasteiger charge is 2.12. The van der Waals surface area contributed by atoms with Gasteiger partial charge in [0.2, 0.25) is 5.96 Å². The first kappa shape index (κ1) is 21.0. The molecule has 2 rings (SSSR count). The molecule has 0 aliphatic heterocycles. The molecule has 0 aliphatic rings. The molecule has 0 amide bonds. The number of hydrogen-bond donors (Lipinski definition) is 1. The molecule has 0 spiro atoms. The van der Waals surface area contributed by atoms with Gasteiger partial charge in [0.25, 0.3) is 0 Å². The third kappa shape index (κ3) is 5.93. The molecule has 6 heteroatoms. The number of guanidine groups is 1. The van der Waals surface area contributed by atoms with Crippen molar-refractivity contribution in [2.24, 2.45) is 15.9 Å². The van der Waals surface area contributed by atoms with Gasteiger partial charge in [-0.05, 0) is 37.6 Å². The summed E-state index contributed by atoms with van der Waals surface area (Å²) >= 11 is 0. The highest BCUT2D eigenvalue weighted by atomic mass is 35.5. The fourth-order valence-corrected chi connectivity index (χ4v) is 1.82. The van der Waals surface area contributed by atoms with Crippen molar-refractivity contribution in [1.82, 2.24) is 0 Å². The molecule has 0 unspecified atom stereocenters. The van der Waals surface area contributed by atoms with Gasteiger partial charge in [-0.15, -0.1) is 29.9 Å². The van der Waals surface area contributed by atoms with Crippen molar-refractivity contribution in [3.63, 3.8) is 0 Å². The summed E-state index contributed by atoms with van der Waals surface area (Å²) in [6.07, 6.45) is 0.855. The lowest BCUT2D eigenvalue weighted by Gasteiger charge is -2.23. The standard InChI is InChI=1S/C17H20N4.2ClH/c1-3-14(2)19-20-17(18)21(15-10-6-4-7-11-15)16-12-8-5-9-13-16;;/h4-13H,3H2,1-2H3,(H2,18,20);2*1H. The molecular formula is C17H22Cl2N4. The van der Waals surface area contributed by atoms with Gasteiger partial charge in [0.05, 0.1) is 0 Å². The van der Waals surface area contributed by atoms with Crippen LogP contribution in [0, 0.1) is 0 Å². The second-order valence-electron chi connectivity index (χ2n) is 4.65. The first-order valence-corrected chi connectivity index (χ1v) is 6.99. The topological polar surface area (TPSA) is 54.0 Å². The molecule has 0 saturated heterocycles. The summed E-state index contributed by atoms with van der Waals surface area (Å²) in [7, 11) is 0. The Labute approximate surface area is 149 Å². The van der Waals surface area contributed by atoms with Gasteiger partial charge in [0.15, 0.2) is 0 Å². The molecule has 23 heavy (non-hydrogen) atoms. The predicted octanol–water partition coefficient (Wildman–Crippen LogP) is 4.77. The van der Waals surface area contributed by atoms with E-state index >= 15 is 0 Å². The van der Waals surface area contributed by atoms with Gasteiger partial charge in [-0.3, -0.25) is 4.90 Å². The SMILES string of the molecule is CCC(C)=NN=C(N)N(c1ccccc1)c1ccccc1.Cl.Cl. The summed E-state index contributed by atoms with van der Waals surface area (Å²) in [5.74, 6) is 0.347. The van der Waals surface area contributed by atoms with Crippen LogP contribution in [-0.4, -0.2) is 11.7 Å². The maximum atomic E-state index is 6.15. The fourth-order valence-electron chi connectivity index (χ4n) is 1.82. The first-order valence-electron chi connectivity index (χ1n) is 6.99. The van der Waals surface area contributed by atoms with Gasteiger partial charge in [-0.1, -0.05) is 43.3 Å². The molecule has 2 aromatic carbocycles. The molecule has 2 aromatic rings. The number of nitrogens with zero attached hydrogens (tertiary/aromatic N) is 3. The van der Waals surface area contributed by atoms with Crippen molar-refractivity contribution < 1.29 is 0 Å². The number of halogens is 2. The van der Waals surface area contributed by atoms with Crippen molar-refractivity contribution in [2.45, 2.75) is 20.3 Å². The van der Waals surface area contributed by atoms with Crippen LogP contribution in [0.4, 0.5) is 11.4 Å². The number of benzene rings is 2. The Hall–Kier alpha value is -2.04. The minimum atomic E-state index is 0. The van der Waals surface area contributed by atoms with Crippen LogP contribution in [0.1, 0.15) is 20.3 Å². The third-order valence-electron chi connectivity index (χ3n) is 3.09. The lowest BCUT2D eigenvalue weighted by Crippen LogP contribution is -2.33. The lowest BCUT2D eigenvalue weighted by atomic mass is 10.2. The molecule has 0 atom stereocenters. The van der Waals surface area contributed by atoms with Crippen LogP contribution < -0.4 is 10.6 Å². The Kier molecular flexibility index (Phi) is 9.70. The predicted molar refractivity (Wildman–Crippen MR) is 105 cm³/mol. The zero-order valence-corrected chi connectivity index (χ0v) is 14.8. The molecule has 0 fully saturated rings. The molecule has 0 bridgehead atoms. The normalized spacial score (nSPS) is 11.2. The summed E-state index contributed by atoms with van der Waals surface area (Å²) in [4.78, 5) is 1.88. The second-order valence-corrected chi connectivity index (χ2v) is 4.65. The van der Waals surface area contributed by atoms with E-state index in [-0.39, 0.29) is 24.8 Å². The van der Waals surface area contributed by atoms with Crippen LogP contribution >= 0.6 is 24.8 Å². The summed E-state index contributed by atoms with van der Waals surface area (Å²) in [5, 5.41) is 8.31. The number of hydrogen-bond acceptors (Lipinski definition) is 2. The first-order chi connectivity index (χ1) is 10.2. The maximum absolute atomic E-state index is 6.15. The van der Waals surface area contributed by atoms with Crippen molar-refractivity contribution in [2.75, 3.05) is 4.90 Å². The van der Waals surface area contributed by atoms with Crippen LogP contribution in [0.15, 0.2) is 70.9 Å². The molecular weight excluding hydrogens is 331 g/mol. The molecule has 0 aliphatic carbocycles. The van der Waals surface area contributed by atoms with E-state index in [0.29, 0.717) is 5.96 Å². The fraction of sp³-hybridized carbons (Fsp3) is 0.176. The number of para-hydroxylation sites is 2. The van der Waals surface area contributed by atoms with Crippen molar-refractivity contribution in [3.8, 4) is 0 Å². The van der Waals surface area contributed by atoms with Gasteiger partial charge in [-0.2, -0.15) is 5.10 Å². The van der Waals surface area contributed by atoms with Crippen LogP contribution in [0.3, 0.4) is 0 Å². The zero-order chi connectivity index (χ0) is 15.1. The van der Waals surface area contributed by atoms with E-state index in [1.165, 1.54) is 0 Å². The number of nitrogens with two attached hydrogens (primary N) is 1. The quantitative estimate of drug-likeness (QED) is 0.489. The number of anilines is 2. The molecule has 2 N–H and O–H groups in total. The Morgan fingerprint density at radius 2 is 1.30 bits per heavy atom. The van der Waals surface area contributed by atoms with Crippen LogP contribution in [0.25, 0.3) is 0 Å². The van der Waals surface area contributed by atoms with Crippen molar-refractivity contribution >= 4 is 47.9 Å². The smallest absolute Gasteiger partial charge is 0.225 e. The average molecular weight is 353 g/mol. The van der Waals surface area contributed by atoms with E-state index in [1.807, 2.05) is 79.4 Å². The molecule has 0 heterocycles. The summed E-state index contributed by atoms with van der Waals surface area (Å²) in [6.45, 7) is 3.98. The minimum Gasteiger partial charge on any atom is -0.368 e. The average Bonchev–Trinajstić information content (AvgIpc) is 2.55. The van der Waals surface area contributed by atoms with Gasteiger partial charge < -0.3 is 5.73 Å². The monoisotopic (exact) mass is 352 g/mol. The van der Waals surface area contributed by atoms with Gasteiger partial charge in [-0.25, -0.2) is 0 Å². The maximum Gasteiger partial charge on any atom is 0.225 e. The van der Waals surface area contributed by atoms with E-state index < -0.39 is 0 Å². The summed E-state index contributed by atoms with van der Waals surface area (Å²) in [5.41, 5.74) is 9.00. The van der Waals surface area contributed by atoms with E-state index in [2.05, 4.69) is 10.2 Å². The largest absolute Gasteiger partial charge is 0.368 e. The van der Waals surface area contributed by atoms with Gasteiger partial charge in [0.1, 0.15) is 0 Å². The zero-order valence-electron chi connectivity index (χ0n) is 13.2. The Bertz CT molecular complexity index is 588. The van der Waals surface area contributed by atoms with E-state index in [0.717, 1.165) is 23.5 Å². The van der Waals surface area contributed by atoms with Crippen LogP contribution in [0.5, 0.6) is 0 Å². The van der Waals surface area contributed by atoms with Crippen molar-refractivity contribution in [1.29, 1.82) is 0 Å². The van der Waals surface area contributed by atoms with Gasteiger partial charge >= 0.3 is 0 Å². The molecule has 0 aromatic heterocycles. The molecule has 4 nitrogen and oxygen atoms in total. The number of rotatable bonds is 4. The molecule has 0 radical (unpaired) electrons. The Morgan fingerprint density at radius 3 is 1.70 bits per heavy atom. The summed E-state index contributed by atoms with van der Waals surface area (Å²) in [6, 6.07) is 19.8.